The standard InChI is InChI=1S/C11H18N4O2S/c1-7-9(10(12)18)11(14(2)13-7)15-3-4-17-6-8(15)5-16/h8,16H,3-6H2,1-2H3,(H2,12,18). The Hall–Kier alpha value is -1.18. The number of ether oxygens (including phenoxy) is 1. The minimum atomic E-state index is -0.0818. The van der Waals surface area contributed by atoms with Crippen LogP contribution in [0.3, 0.4) is 0 Å². The molecule has 0 aromatic carbocycles. The normalized spacial score (nSPS) is 20.2. The molecule has 2 rings (SSSR count). The third-order valence-corrected chi connectivity index (χ3v) is 3.35. The Balaban J connectivity index is 2.45. The lowest BCUT2D eigenvalue weighted by Crippen LogP contribution is -2.49. The molecular formula is C11H18N4O2S. The second-order valence-corrected chi connectivity index (χ2v) is 4.82. The van der Waals surface area contributed by atoms with Crippen molar-refractivity contribution in [2.24, 2.45) is 12.8 Å². The lowest BCUT2D eigenvalue weighted by molar-refractivity contribution is 0.0719. The van der Waals surface area contributed by atoms with Crippen LogP contribution in [-0.2, 0) is 11.8 Å². The zero-order valence-corrected chi connectivity index (χ0v) is 11.4. The highest BCUT2D eigenvalue weighted by atomic mass is 32.1. The number of rotatable bonds is 3. The molecule has 1 fully saturated rings. The first kappa shape index (κ1) is 13.3. The van der Waals surface area contributed by atoms with Gasteiger partial charge in [0, 0.05) is 13.6 Å². The molecule has 18 heavy (non-hydrogen) atoms. The highest BCUT2D eigenvalue weighted by molar-refractivity contribution is 7.80. The summed E-state index contributed by atoms with van der Waals surface area (Å²) in [6.45, 7) is 3.72. The lowest BCUT2D eigenvalue weighted by atomic mass is 10.1. The Morgan fingerprint density at radius 1 is 1.67 bits per heavy atom. The van der Waals surface area contributed by atoms with Gasteiger partial charge in [0.1, 0.15) is 10.8 Å². The number of morpholine rings is 1. The van der Waals surface area contributed by atoms with Gasteiger partial charge in [-0.2, -0.15) is 5.10 Å². The average Bonchev–Trinajstić information content (AvgIpc) is 2.64. The molecule has 1 atom stereocenters. The van der Waals surface area contributed by atoms with Crippen molar-refractivity contribution in [2.75, 3.05) is 31.3 Å². The number of aromatic nitrogens is 2. The molecule has 100 valence electrons. The molecule has 0 amide bonds. The number of aliphatic hydroxyl groups is 1. The fourth-order valence-electron chi connectivity index (χ4n) is 2.35. The van der Waals surface area contributed by atoms with Gasteiger partial charge in [-0.15, -0.1) is 0 Å². The highest BCUT2D eigenvalue weighted by Gasteiger charge is 2.29. The van der Waals surface area contributed by atoms with Crippen LogP contribution in [0.5, 0.6) is 0 Å². The molecule has 0 bridgehead atoms. The predicted octanol–water partition coefficient (Wildman–Crippen LogP) is -0.440. The van der Waals surface area contributed by atoms with E-state index in [-0.39, 0.29) is 12.6 Å². The zero-order valence-electron chi connectivity index (χ0n) is 10.6. The summed E-state index contributed by atoms with van der Waals surface area (Å²) >= 11 is 5.10. The molecule has 1 aromatic rings. The van der Waals surface area contributed by atoms with Crippen LogP contribution in [-0.4, -0.2) is 52.3 Å². The summed E-state index contributed by atoms with van der Waals surface area (Å²) in [7, 11) is 1.86. The highest BCUT2D eigenvalue weighted by Crippen LogP contribution is 2.26. The predicted molar refractivity (Wildman–Crippen MR) is 72.9 cm³/mol. The maximum atomic E-state index is 9.43. The Kier molecular flexibility index (Phi) is 3.84. The summed E-state index contributed by atoms with van der Waals surface area (Å²) in [4.78, 5) is 2.40. The molecule has 0 saturated carbocycles. The van der Waals surface area contributed by atoms with E-state index in [0.717, 1.165) is 17.1 Å². The second-order valence-electron chi connectivity index (χ2n) is 4.38. The maximum absolute atomic E-state index is 9.43. The number of nitrogens with two attached hydrogens (primary N) is 1. The molecule has 2 heterocycles. The van der Waals surface area contributed by atoms with Crippen molar-refractivity contribution >= 4 is 23.0 Å². The number of hydrogen-bond donors (Lipinski definition) is 2. The summed E-state index contributed by atoms with van der Waals surface area (Å²) in [5.41, 5.74) is 7.37. The van der Waals surface area contributed by atoms with E-state index in [1.165, 1.54) is 0 Å². The second kappa shape index (κ2) is 5.21. The van der Waals surface area contributed by atoms with E-state index in [2.05, 4.69) is 10.00 Å². The van der Waals surface area contributed by atoms with Gasteiger partial charge in [-0.05, 0) is 6.92 Å². The van der Waals surface area contributed by atoms with Crippen LogP contribution in [0.25, 0.3) is 0 Å². The first-order valence-electron chi connectivity index (χ1n) is 5.85. The van der Waals surface area contributed by atoms with E-state index in [4.69, 9.17) is 22.7 Å². The fraction of sp³-hybridized carbons (Fsp3) is 0.636. The van der Waals surface area contributed by atoms with Crippen LogP contribution in [0.4, 0.5) is 5.82 Å². The van der Waals surface area contributed by atoms with Crippen molar-refractivity contribution in [3.8, 4) is 0 Å². The maximum Gasteiger partial charge on any atom is 0.137 e. The van der Waals surface area contributed by atoms with Gasteiger partial charge in [0.2, 0.25) is 0 Å². The van der Waals surface area contributed by atoms with Gasteiger partial charge in [-0.3, -0.25) is 4.68 Å². The topological polar surface area (TPSA) is 76.5 Å². The molecule has 0 spiro atoms. The molecule has 0 radical (unpaired) electrons. The van der Waals surface area contributed by atoms with Crippen molar-refractivity contribution in [3.05, 3.63) is 11.3 Å². The van der Waals surface area contributed by atoms with Crippen LogP contribution in [0, 0.1) is 6.92 Å². The number of thiocarbonyl (C=S) groups is 1. The quantitative estimate of drug-likeness (QED) is 0.725. The summed E-state index contributed by atoms with van der Waals surface area (Å²) < 4.78 is 7.14. The van der Waals surface area contributed by atoms with Gasteiger partial charge in [0.05, 0.1) is 37.1 Å². The number of nitrogens with zero attached hydrogens (tertiary/aromatic N) is 3. The van der Waals surface area contributed by atoms with Crippen LogP contribution < -0.4 is 10.6 Å². The van der Waals surface area contributed by atoms with E-state index in [1.54, 1.807) is 4.68 Å². The first-order valence-corrected chi connectivity index (χ1v) is 6.25. The molecule has 1 aliphatic rings. The van der Waals surface area contributed by atoms with Crippen molar-refractivity contribution in [2.45, 2.75) is 13.0 Å². The smallest absolute Gasteiger partial charge is 0.137 e. The van der Waals surface area contributed by atoms with E-state index in [9.17, 15) is 5.11 Å². The molecule has 1 unspecified atom stereocenters. The number of anilines is 1. The first-order chi connectivity index (χ1) is 8.56. The lowest BCUT2D eigenvalue weighted by Gasteiger charge is -2.36. The van der Waals surface area contributed by atoms with Crippen molar-refractivity contribution in [1.82, 2.24) is 9.78 Å². The minimum Gasteiger partial charge on any atom is -0.394 e. The Labute approximate surface area is 111 Å². The Morgan fingerprint density at radius 3 is 3.00 bits per heavy atom. The summed E-state index contributed by atoms with van der Waals surface area (Å²) in [5.74, 6) is 0.863. The average molecular weight is 270 g/mol. The summed E-state index contributed by atoms with van der Waals surface area (Å²) in [6.07, 6.45) is 0. The van der Waals surface area contributed by atoms with E-state index < -0.39 is 0 Å². The van der Waals surface area contributed by atoms with E-state index in [0.29, 0.717) is 24.7 Å². The molecule has 7 heteroatoms. The molecular weight excluding hydrogens is 252 g/mol. The number of hydrogen-bond acceptors (Lipinski definition) is 5. The van der Waals surface area contributed by atoms with E-state index >= 15 is 0 Å². The molecule has 6 nitrogen and oxygen atoms in total. The Morgan fingerprint density at radius 2 is 2.39 bits per heavy atom. The summed E-state index contributed by atoms with van der Waals surface area (Å²) in [6, 6.07) is -0.0818. The van der Waals surface area contributed by atoms with Gasteiger partial charge >= 0.3 is 0 Å². The van der Waals surface area contributed by atoms with Crippen molar-refractivity contribution in [3.63, 3.8) is 0 Å². The summed E-state index contributed by atoms with van der Waals surface area (Å²) in [5, 5.41) is 13.8. The minimum absolute atomic E-state index is 0.0288. The van der Waals surface area contributed by atoms with Crippen molar-refractivity contribution in [1.29, 1.82) is 0 Å². The largest absolute Gasteiger partial charge is 0.394 e. The zero-order chi connectivity index (χ0) is 13.3. The van der Waals surface area contributed by atoms with Crippen LogP contribution in [0.1, 0.15) is 11.3 Å². The molecule has 1 saturated heterocycles. The number of aryl methyl sites for hydroxylation is 2. The molecule has 3 N–H and O–H groups in total. The van der Waals surface area contributed by atoms with Crippen molar-refractivity contribution < 1.29 is 9.84 Å². The van der Waals surface area contributed by atoms with Gasteiger partial charge in [-0.25, -0.2) is 0 Å². The van der Waals surface area contributed by atoms with Gasteiger partial charge in [0.25, 0.3) is 0 Å². The third-order valence-electron chi connectivity index (χ3n) is 3.15. The van der Waals surface area contributed by atoms with Gasteiger partial charge in [0.15, 0.2) is 0 Å². The van der Waals surface area contributed by atoms with E-state index in [1.807, 2.05) is 14.0 Å². The number of aliphatic hydroxyl groups excluding tert-OH is 1. The van der Waals surface area contributed by atoms with Crippen LogP contribution in [0.2, 0.25) is 0 Å². The molecule has 1 aliphatic heterocycles. The molecule has 1 aromatic heterocycles. The third kappa shape index (κ3) is 2.21. The monoisotopic (exact) mass is 270 g/mol. The van der Waals surface area contributed by atoms with Gasteiger partial charge < -0.3 is 20.5 Å². The van der Waals surface area contributed by atoms with Crippen LogP contribution >= 0.6 is 12.2 Å². The SMILES string of the molecule is Cc1nn(C)c(N2CCOCC2CO)c1C(N)=S. The molecule has 0 aliphatic carbocycles. The van der Waals surface area contributed by atoms with Crippen LogP contribution in [0.15, 0.2) is 0 Å². The van der Waals surface area contributed by atoms with Gasteiger partial charge in [-0.1, -0.05) is 12.2 Å². The fourth-order valence-corrected chi connectivity index (χ4v) is 2.59. The Bertz CT molecular complexity index is 460.